The third kappa shape index (κ3) is 4.29. The second kappa shape index (κ2) is 10.2. The van der Waals surface area contributed by atoms with Gasteiger partial charge >= 0.3 is 0 Å². The van der Waals surface area contributed by atoms with Gasteiger partial charge in [-0.3, -0.25) is 14.4 Å². The van der Waals surface area contributed by atoms with Crippen molar-refractivity contribution in [3.8, 4) is 0 Å². The van der Waals surface area contributed by atoms with Gasteiger partial charge in [0.05, 0.1) is 30.6 Å². The molecule has 5 rings (SSSR count). The summed E-state index contributed by atoms with van der Waals surface area (Å²) in [4.78, 5) is 43.4. The first kappa shape index (κ1) is 26.4. The molecule has 38 heavy (non-hydrogen) atoms. The van der Waals surface area contributed by atoms with Crippen LogP contribution >= 0.6 is 0 Å². The molecule has 6 atom stereocenters. The van der Waals surface area contributed by atoms with E-state index in [1.54, 1.807) is 12.1 Å². The van der Waals surface area contributed by atoms with Crippen LogP contribution in [-0.4, -0.2) is 58.1 Å². The van der Waals surface area contributed by atoms with Gasteiger partial charge in [-0.2, -0.15) is 0 Å². The van der Waals surface area contributed by atoms with Crippen LogP contribution in [0, 0.1) is 31.6 Å². The number of ether oxygens (including phenoxy) is 1. The Labute approximate surface area is 223 Å². The SMILES string of the molecule is Cc1cccc(C)c1NC(=O)C1N([C@@H](CO)CC(C)C)C(=O)[C@@H]2[C@@H](C(=O)Nc3ccccc3)[C@H]3CCC12O3. The molecule has 2 bridgehead atoms. The number of fused-ring (bicyclic) bond motifs is 1. The van der Waals surface area contributed by atoms with Gasteiger partial charge in [-0.05, 0) is 62.3 Å². The zero-order valence-corrected chi connectivity index (χ0v) is 22.4. The van der Waals surface area contributed by atoms with Crippen LogP contribution in [0.1, 0.15) is 44.2 Å². The fourth-order valence-electron chi connectivity index (χ4n) is 6.85. The van der Waals surface area contributed by atoms with Crippen LogP contribution in [0.4, 0.5) is 11.4 Å². The van der Waals surface area contributed by atoms with E-state index in [2.05, 4.69) is 10.6 Å². The number of aliphatic hydroxyl groups excluding tert-OH is 1. The van der Waals surface area contributed by atoms with Crippen molar-refractivity contribution in [2.75, 3.05) is 17.2 Å². The van der Waals surface area contributed by atoms with E-state index < -0.39 is 35.6 Å². The monoisotopic (exact) mass is 519 g/mol. The number of benzene rings is 2. The van der Waals surface area contributed by atoms with E-state index in [0.717, 1.165) is 11.1 Å². The van der Waals surface area contributed by atoms with E-state index in [4.69, 9.17) is 4.74 Å². The summed E-state index contributed by atoms with van der Waals surface area (Å²) < 4.78 is 6.52. The van der Waals surface area contributed by atoms with Gasteiger partial charge in [0, 0.05) is 11.4 Å². The molecule has 0 aliphatic carbocycles. The number of likely N-dealkylation sites (tertiary alicyclic amines) is 1. The van der Waals surface area contributed by atoms with Gasteiger partial charge in [-0.25, -0.2) is 0 Å². The van der Waals surface area contributed by atoms with E-state index in [0.29, 0.717) is 30.6 Å². The lowest BCUT2D eigenvalue weighted by Gasteiger charge is -2.37. The third-order valence-corrected chi connectivity index (χ3v) is 8.41. The first-order chi connectivity index (χ1) is 18.2. The predicted octanol–water partition coefficient (Wildman–Crippen LogP) is 3.66. The summed E-state index contributed by atoms with van der Waals surface area (Å²) >= 11 is 0. The zero-order chi connectivity index (χ0) is 27.2. The molecule has 8 heteroatoms. The Morgan fingerprint density at radius 1 is 1.05 bits per heavy atom. The van der Waals surface area contributed by atoms with E-state index in [-0.39, 0.29) is 30.2 Å². The number of hydrogen-bond donors (Lipinski definition) is 3. The summed E-state index contributed by atoms with van der Waals surface area (Å²) in [7, 11) is 0. The van der Waals surface area contributed by atoms with Gasteiger partial charge in [0.1, 0.15) is 11.6 Å². The molecule has 0 radical (unpaired) electrons. The molecule has 1 spiro atoms. The summed E-state index contributed by atoms with van der Waals surface area (Å²) in [6, 6.07) is 13.4. The number of rotatable bonds is 8. The highest BCUT2D eigenvalue weighted by Gasteiger charge is 2.75. The highest BCUT2D eigenvalue weighted by atomic mass is 16.5. The topological polar surface area (TPSA) is 108 Å². The van der Waals surface area contributed by atoms with Crippen molar-refractivity contribution >= 4 is 29.1 Å². The average molecular weight is 520 g/mol. The van der Waals surface area contributed by atoms with Crippen LogP contribution in [0.25, 0.3) is 0 Å². The zero-order valence-electron chi connectivity index (χ0n) is 22.4. The molecule has 3 amide bonds. The van der Waals surface area contributed by atoms with Crippen molar-refractivity contribution in [1.82, 2.24) is 4.90 Å². The first-order valence-electron chi connectivity index (χ1n) is 13.5. The van der Waals surface area contributed by atoms with Crippen LogP contribution in [-0.2, 0) is 19.1 Å². The first-order valence-corrected chi connectivity index (χ1v) is 13.5. The van der Waals surface area contributed by atoms with E-state index in [9.17, 15) is 19.5 Å². The largest absolute Gasteiger partial charge is 0.394 e. The summed E-state index contributed by atoms with van der Waals surface area (Å²) in [5.74, 6) is -2.22. The van der Waals surface area contributed by atoms with Gasteiger partial charge in [-0.1, -0.05) is 50.2 Å². The molecule has 3 fully saturated rings. The minimum atomic E-state index is -1.12. The van der Waals surface area contributed by atoms with Crippen LogP contribution in [0.3, 0.4) is 0 Å². The summed E-state index contributed by atoms with van der Waals surface area (Å²) in [6.45, 7) is 7.62. The summed E-state index contributed by atoms with van der Waals surface area (Å²) in [6.07, 6.45) is 1.18. The molecular formula is C30H37N3O5. The minimum absolute atomic E-state index is 0.189. The molecule has 3 saturated heterocycles. The number of amides is 3. The van der Waals surface area contributed by atoms with Crippen molar-refractivity contribution in [2.45, 2.75) is 70.7 Å². The quantitative estimate of drug-likeness (QED) is 0.493. The molecule has 0 saturated carbocycles. The van der Waals surface area contributed by atoms with E-state index >= 15 is 0 Å². The molecular weight excluding hydrogens is 482 g/mol. The molecule has 3 heterocycles. The molecule has 2 aromatic carbocycles. The summed E-state index contributed by atoms with van der Waals surface area (Å²) in [5.41, 5.74) is 2.07. The number of carbonyl (C=O) groups excluding carboxylic acids is 3. The Morgan fingerprint density at radius 2 is 1.74 bits per heavy atom. The number of hydrogen-bond acceptors (Lipinski definition) is 5. The Balaban J connectivity index is 1.53. The lowest BCUT2D eigenvalue weighted by atomic mass is 9.70. The third-order valence-electron chi connectivity index (χ3n) is 8.41. The predicted molar refractivity (Wildman–Crippen MR) is 144 cm³/mol. The Morgan fingerprint density at radius 3 is 2.37 bits per heavy atom. The van der Waals surface area contributed by atoms with Gasteiger partial charge in [0.15, 0.2) is 0 Å². The molecule has 3 aliphatic rings. The summed E-state index contributed by atoms with van der Waals surface area (Å²) in [5, 5.41) is 16.4. The number of nitrogens with zero attached hydrogens (tertiary/aromatic N) is 1. The highest BCUT2D eigenvalue weighted by molar-refractivity contribution is 6.05. The second-order valence-electron chi connectivity index (χ2n) is 11.4. The maximum Gasteiger partial charge on any atom is 0.250 e. The van der Waals surface area contributed by atoms with Gasteiger partial charge in [0.25, 0.3) is 0 Å². The van der Waals surface area contributed by atoms with Crippen LogP contribution in [0.5, 0.6) is 0 Å². The van der Waals surface area contributed by atoms with E-state index in [1.165, 1.54) is 4.90 Å². The van der Waals surface area contributed by atoms with Crippen molar-refractivity contribution in [3.63, 3.8) is 0 Å². The lowest BCUT2D eigenvalue weighted by Crippen LogP contribution is -2.56. The van der Waals surface area contributed by atoms with Crippen LogP contribution in [0.15, 0.2) is 48.5 Å². The van der Waals surface area contributed by atoms with Crippen LogP contribution < -0.4 is 10.6 Å². The normalized spacial score (nSPS) is 28.5. The molecule has 8 nitrogen and oxygen atoms in total. The number of para-hydroxylation sites is 2. The van der Waals surface area contributed by atoms with Crippen molar-refractivity contribution in [3.05, 3.63) is 59.7 Å². The average Bonchev–Trinajstić information content (AvgIpc) is 3.52. The fraction of sp³-hybridized carbons (Fsp3) is 0.500. The molecule has 0 aromatic heterocycles. The maximum absolute atomic E-state index is 14.2. The van der Waals surface area contributed by atoms with Crippen molar-refractivity contribution < 1.29 is 24.2 Å². The maximum atomic E-state index is 14.2. The Bertz CT molecular complexity index is 1210. The standard InChI is InChI=1S/C30H37N3O5/c1-17(2)15-21(16-34)33-26(28(36)32-25-18(3)9-8-10-19(25)4)30-14-13-22(38-30)23(24(30)29(33)37)27(35)31-20-11-6-5-7-12-20/h5-12,17,21-24,26,34H,13-16H2,1-4H3,(H,31,35)(H,32,36)/t21-,22-,23+,24+,26?,30?/m1/s1. The van der Waals surface area contributed by atoms with E-state index in [1.807, 2.05) is 64.1 Å². The highest BCUT2D eigenvalue weighted by Crippen LogP contribution is 2.59. The number of aryl methyl sites for hydroxylation is 2. The molecule has 3 aliphatic heterocycles. The van der Waals surface area contributed by atoms with Gasteiger partial charge in [0.2, 0.25) is 17.7 Å². The van der Waals surface area contributed by atoms with Crippen molar-refractivity contribution in [1.29, 1.82) is 0 Å². The molecule has 2 aromatic rings. The fourth-order valence-corrected chi connectivity index (χ4v) is 6.85. The molecule has 3 N–H and O–H groups in total. The van der Waals surface area contributed by atoms with Crippen molar-refractivity contribution in [2.24, 2.45) is 17.8 Å². The minimum Gasteiger partial charge on any atom is -0.394 e. The second-order valence-corrected chi connectivity index (χ2v) is 11.4. The Kier molecular flexibility index (Phi) is 7.05. The van der Waals surface area contributed by atoms with Gasteiger partial charge < -0.3 is 25.4 Å². The number of nitrogens with one attached hydrogen (secondary N) is 2. The lowest BCUT2D eigenvalue weighted by molar-refractivity contribution is -0.143. The number of aliphatic hydroxyl groups is 1. The molecule has 2 unspecified atom stereocenters. The smallest absolute Gasteiger partial charge is 0.250 e. The van der Waals surface area contributed by atoms with Crippen LogP contribution in [0.2, 0.25) is 0 Å². The number of carbonyl (C=O) groups is 3. The Hall–Kier alpha value is -3.23. The number of anilines is 2. The molecule has 202 valence electrons. The van der Waals surface area contributed by atoms with Gasteiger partial charge in [-0.15, -0.1) is 0 Å².